The number of carbonyl (C=O) groups excluding carboxylic acids is 1. The Balaban J connectivity index is 1.85. The minimum atomic E-state index is -0.633. The van der Waals surface area contributed by atoms with Crippen LogP contribution in [-0.4, -0.2) is 15.5 Å². The van der Waals surface area contributed by atoms with Crippen LogP contribution in [0.1, 0.15) is 35.0 Å². The molecule has 1 amide bonds. The number of nitrogens with one attached hydrogen (secondary N) is 1. The lowest BCUT2D eigenvalue weighted by Gasteiger charge is -2.13. The molecule has 1 aliphatic heterocycles. The number of nitriles is 1. The lowest BCUT2D eigenvalue weighted by Crippen LogP contribution is -2.33. The average Bonchev–Trinajstić information content (AvgIpc) is 3.00. The van der Waals surface area contributed by atoms with Gasteiger partial charge in [0.1, 0.15) is 17.6 Å². The second-order valence-corrected chi connectivity index (χ2v) is 5.83. The number of nitrogens with two attached hydrogens (primary N) is 1. The summed E-state index contributed by atoms with van der Waals surface area (Å²) in [6, 6.07) is 7.06. The molecule has 3 rings (SSSR count). The number of carbonyl (C=O) groups is 1. The van der Waals surface area contributed by atoms with Gasteiger partial charge in [-0.3, -0.25) is 14.2 Å². The summed E-state index contributed by atoms with van der Waals surface area (Å²) >= 11 is 0. The van der Waals surface area contributed by atoms with E-state index >= 15 is 0 Å². The fourth-order valence-corrected chi connectivity index (χ4v) is 2.89. The monoisotopic (exact) mass is 323 g/mol. The summed E-state index contributed by atoms with van der Waals surface area (Å²) < 4.78 is 1.38. The van der Waals surface area contributed by atoms with Crippen molar-refractivity contribution in [1.29, 1.82) is 5.26 Å². The van der Waals surface area contributed by atoms with E-state index in [0.717, 1.165) is 11.1 Å². The Bertz CT molecular complexity index is 910. The zero-order valence-corrected chi connectivity index (χ0v) is 13.2. The van der Waals surface area contributed by atoms with Gasteiger partial charge in [0.25, 0.3) is 5.56 Å². The molecule has 0 saturated heterocycles. The molecule has 1 aromatic heterocycles. The first-order valence-corrected chi connectivity index (χ1v) is 7.64. The number of aryl methyl sites for hydroxylation is 2. The third-order valence-electron chi connectivity index (χ3n) is 4.26. The van der Waals surface area contributed by atoms with Gasteiger partial charge in [-0.2, -0.15) is 5.26 Å². The van der Waals surface area contributed by atoms with Crippen molar-refractivity contribution in [3.63, 3.8) is 0 Å². The molecule has 0 fully saturated rings. The quantitative estimate of drug-likeness (QED) is 0.871. The topological polar surface area (TPSA) is 114 Å². The van der Waals surface area contributed by atoms with Gasteiger partial charge < -0.3 is 11.1 Å². The Kier molecular flexibility index (Phi) is 4.04. The molecule has 0 aliphatic carbocycles. The zero-order chi connectivity index (χ0) is 17.3. The van der Waals surface area contributed by atoms with Crippen LogP contribution in [0.25, 0.3) is 0 Å². The van der Waals surface area contributed by atoms with E-state index in [9.17, 15) is 9.59 Å². The number of hydrogen-bond donors (Lipinski definition) is 2. The van der Waals surface area contributed by atoms with Crippen LogP contribution in [0.2, 0.25) is 0 Å². The molecule has 3 N–H and O–H groups in total. The van der Waals surface area contributed by atoms with Crippen molar-refractivity contribution < 1.29 is 4.79 Å². The number of benzene rings is 1. The summed E-state index contributed by atoms with van der Waals surface area (Å²) in [5, 5.41) is 12.1. The molecule has 1 aliphatic rings. The van der Waals surface area contributed by atoms with Crippen LogP contribution in [0.5, 0.6) is 0 Å². The van der Waals surface area contributed by atoms with Gasteiger partial charge in [0.2, 0.25) is 5.91 Å². The minimum Gasteiger partial charge on any atom is -0.375 e. The van der Waals surface area contributed by atoms with Crippen LogP contribution in [0.3, 0.4) is 0 Å². The molecule has 1 unspecified atom stereocenters. The van der Waals surface area contributed by atoms with E-state index in [1.165, 1.54) is 10.8 Å². The van der Waals surface area contributed by atoms with Gasteiger partial charge in [-0.15, -0.1) is 0 Å². The third kappa shape index (κ3) is 2.74. The molecule has 7 heteroatoms. The number of primary amides is 1. The van der Waals surface area contributed by atoms with E-state index in [1.807, 2.05) is 19.1 Å². The van der Waals surface area contributed by atoms with E-state index < -0.39 is 11.9 Å². The van der Waals surface area contributed by atoms with E-state index in [2.05, 4.69) is 16.4 Å². The lowest BCUT2D eigenvalue weighted by molar-refractivity contribution is -0.121. The van der Waals surface area contributed by atoms with E-state index in [0.29, 0.717) is 36.5 Å². The molecule has 0 radical (unpaired) electrons. The van der Waals surface area contributed by atoms with Gasteiger partial charge in [-0.1, -0.05) is 12.1 Å². The highest BCUT2D eigenvalue weighted by atomic mass is 16.2. The van der Waals surface area contributed by atoms with Gasteiger partial charge >= 0.3 is 0 Å². The van der Waals surface area contributed by atoms with E-state index in [-0.39, 0.29) is 5.56 Å². The Morgan fingerprint density at radius 2 is 2.33 bits per heavy atom. The Morgan fingerprint density at radius 1 is 1.54 bits per heavy atom. The minimum absolute atomic E-state index is 0.297. The first kappa shape index (κ1) is 15.7. The van der Waals surface area contributed by atoms with Crippen molar-refractivity contribution in [2.45, 2.75) is 32.4 Å². The molecular formula is C17H17N5O2. The van der Waals surface area contributed by atoms with Gasteiger partial charge in [0.15, 0.2) is 0 Å². The molecule has 0 bridgehead atoms. The number of amides is 1. The zero-order valence-electron chi connectivity index (χ0n) is 13.2. The first-order chi connectivity index (χ1) is 11.5. The smallest absolute Gasteiger partial charge is 0.277 e. The SMILES string of the molecule is Cc1ccc(CNc2cnc3n(c2=O)C(C(N)=O)CC3)cc1C#N. The summed E-state index contributed by atoms with van der Waals surface area (Å²) in [7, 11) is 0. The molecule has 0 spiro atoms. The fraction of sp³-hybridized carbons (Fsp3) is 0.294. The van der Waals surface area contributed by atoms with Crippen molar-refractivity contribution in [3.05, 3.63) is 57.3 Å². The summed E-state index contributed by atoms with van der Waals surface area (Å²) in [5.74, 6) is 0.0587. The standard InChI is InChI=1S/C17H17N5O2/c1-10-2-3-11(6-12(10)7-18)8-20-13-9-21-15-5-4-14(16(19)23)22(15)17(13)24/h2-3,6,9,14,20H,4-5,8H2,1H3,(H2,19,23). The molecule has 0 saturated carbocycles. The Labute approximate surface area is 138 Å². The average molecular weight is 323 g/mol. The van der Waals surface area contributed by atoms with Gasteiger partial charge in [-0.05, 0) is 30.5 Å². The number of anilines is 1. The summed E-state index contributed by atoms with van der Waals surface area (Å²) in [5.41, 5.74) is 7.77. The molecule has 2 aromatic rings. The fourth-order valence-electron chi connectivity index (χ4n) is 2.89. The number of hydrogen-bond acceptors (Lipinski definition) is 5. The van der Waals surface area contributed by atoms with Crippen LogP contribution < -0.4 is 16.6 Å². The molecular weight excluding hydrogens is 306 g/mol. The number of nitrogens with zero attached hydrogens (tertiary/aromatic N) is 3. The summed E-state index contributed by atoms with van der Waals surface area (Å²) in [6.45, 7) is 2.25. The molecule has 7 nitrogen and oxygen atoms in total. The second kappa shape index (κ2) is 6.16. The predicted octanol–water partition coefficient (Wildman–Crippen LogP) is 1.01. The van der Waals surface area contributed by atoms with Crippen molar-refractivity contribution >= 4 is 11.6 Å². The van der Waals surface area contributed by atoms with Crippen LogP contribution in [0, 0.1) is 18.3 Å². The Hall–Kier alpha value is -3.14. The molecule has 122 valence electrons. The van der Waals surface area contributed by atoms with Crippen LogP contribution in [0.4, 0.5) is 5.69 Å². The summed E-state index contributed by atoms with van der Waals surface area (Å²) in [4.78, 5) is 28.3. The van der Waals surface area contributed by atoms with E-state index in [1.54, 1.807) is 6.07 Å². The maximum atomic E-state index is 12.6. The lowest BCUT2D eigenvalue weighted by atomic mass is 10.1. The molecule has 2 heterocycles. The van der Waals surface area contributed by atoms with Crippen molar-refractivity contribution in [2.24, 2.45) is 5.73 Å². The largest absolute Gasteiger partial charge is 0.375 e. The molecule has 1 atom stereocenters. The number of rotatable bonds is 4. The van der Waals surface area contributed by atoms with Crippen LogP contribution >= 0.6 is 0 Å². The van der Waals surface area contributed by atoms with Crippen LogP contribution in [0.15, 0.2) is 29.2 Å². The number of fused-ring (bicyclic) bond motifs is 1. The normalized spacial score (nSPS) is 15.6. The highest BCUT2D eigenvalue weighted by Gasteiger charge is 2.29. The first-order valence-electron chi connectivity index (χ1n) is 7.64. The number of aromatic nitrogens is 2. The molecule has 24 heavy (non-hydrogen) atoms. The van der Waals surface area contributed by atoms with E-state index in [4.69, 9.17) is 11.0 Å². The molecule has 1 aromatic carbocycles. The Morgan fingerprint density at radius 3 is 3.04 bits per heavy atom. The summed E-state index contributed by atoms with van der Waals surface area (Å²) in [6.07, 6.45) is 2.55. The van der Waals surface area contributed by atoms with Gasteiger partial charge in [0.05, 0.1) is 17.8 Å². The maximum absolute atomic E-state index is 12.6. The van der Waals surface area contributed by atoms with Crippen LogP contribution in [-0.2, 0) is 17.8 Å². The van der Waals surface area contributed by atoms with Crippen molar-refractivity contribution in [1.82, 2.24) is 9.55 Å². The van der Waals surface area contributed by atoms with Gasteiger partial charge in [0, 0.05) is 13.0 Å². The van der Waals surface area contributed by atoms with Gasteiger partial charge in [-0.25, -0.2) is 4.98 Å². The highest BCUT2D eigenvalue weighted by molar-refractivity contribution is 5.79. The van der Waals surface area contributed by atoms with Crippen molar-refractivity contribution in [2.75, 3.05) is 5.32 Å². The maximum Gasteiger partial charge on any atom is 0.277 e. The highest BCUT2D eigenvalue weighted by Crippen LogP contribution is 2.22. The predicted molar refractivity (Wildman–Crippen MR) is 88.3 cm³/mol. The van der Waals surface area contributed by atoms with Crippen molar-refractivity contribution in [3.8, 4) is 6.07 Å². The second-order valence-electron chi connectivity index (χ2n) is 5.83. The third-order valence-corrected chi connectivity index (χ3v) is 4.26.